The summed E-state index contributed by atoms with van der Waals surface area (Å²) in [4.78, 5) is 10.8. The van der Waals surface area contributed by atoms with E-state index in [2.05, 4.69) is 75.0 Å². The molecule has 1 heterocycles. The molecule has 8 heteroatoms. The zero-order chi connectivity index (χ0) is 18.8. The summed E-state index contributed by atoms with van der Waals surface area (Å²) < 4.78 is 5.10. The fraction of sp³-hybridized carbons (Fsp3) is 0.526. The fourth-order valence-electron chi connectivity index (χ4n) is 2.60. The molecule has 0 aliphatic rings. The second-order valence-corrected chi connectivity index (χ2v) is 6.45. The second-order valence-electron chi connectivity index (χ2n) is 6.45. The van der Waals surface area contributed by atoms with Crippen molar-refractivity contribution < 1.29 is 4.52 Å². The largest absolute Gasteiger partial charge is 0.356 e. The Hall–Kier alpha value is -1.68. The molecule has 1 atom stereocenters. The predicted octanol–water partition coefficient (Wildman–Crippen LogP) is 2.61. The van der Waals surface area contributed by atoms with E-state index in [0.717, 1.165) is 25.5 Å². The third kappa shape index (κ3) is 8.70. The maximum atomic E-state index is 5.10. The van der Waals surface area contributed by atoms with E-state index in [1.54, 1.807) is 7.05 Å². The van der Waals surface area contributed by atoms with E-state index in [-0.39, 0.29) is 24.0 Å². The number of hydrogen-bond acceptors (Lipinski definition) is 5. The molecule has 1 aromatic heterocycles. The first kappa shape index (κ1) is 23.4. The van der Waals surface area contributed by atoms with E-state index >= 15 is 0 Å². The summed E-state index contributed by atoms with van der Waals surface area (Å²) in [5.41, 5.74) is 1.34. The van der Waals surface area contributed by atoms with Gasteiger partial charge in [0, 0.05) is 39.1 Å². The summed E-state index contributed by atoms with van der Waals surface area (Å²) in [6.07, 6.45) is 1.71. The molecule has 0 saturated heterocycles. The Balaban J connectivity index is 0.00000364. The van der Waals surface area contributed by atoms with Crippen LogP contribution in [-0.2, 0) is 13.0 Å². The summed E-state index contributed by atoms with van der Waals surface area (Å²) in [5.74, 6) is 2.09. The lowest BCUT2D eigenvalue weighted by Gasteiger charge is -2.25. The van der Waals surface area contributed by atoms with Crippen molar-refractivity contribution in [2.75, 3.05) is 27.2 Å². The van der Waals surface area contributed by atoms with Gasteiger partial charge in [0.1, 0.15) is 0 Å². The Bertz CT molecular complexity index is 676. The Morgan fingerprint density at radius 2 is 1.93 bits per heavy atom. The van der Waals surface area contributed by atoms with Crippen LogP contribution in [0.1, 0.15) is 30.6 Å². The average Bonchev–Trinajstić information content (AvgIpc) is 3.06. The van der Waals surface area contributed by atoms with E-state index < -0.39 is 0 Å². The highest BCUT2D eigenvalue weighted by Crippen LogP contribution is 2.07. The lowest BCUT2D eigenvalue weighted by Crippen LogP contribution is -2.40. The van der Waals surface area contributed by atoms with Crippen LogP contribution in [0.2, 0.25) is 0 Å². The Labute approximate surface area is 179 Å². The highest BCUT2D eigenvalue weighted by molar-refractivity contribution is 14.0. The quantitative estimate of drug-likeness (QED) is 0.323. The van der Waals surface area contributed by atoms with E-state index in [9.17, 15) is 0 Å². The summed E-state index contributed by atoms with van der Waals surface area (Å²) in [5, 5.41) is 10.4. The van der Waals surface area contributed by atoms with Crippen molar-refractivity contribution in [2.24, 2.45) is 4.99 Å². The topological polar surface area (TPSA) is 78.6 Å². The van der Waals surface area contributed by atoms with Crippen LogP contribution in [0.25, 0.3) is 0 Å². The smallest absolute Gasteiger partial charge is 0.228 e. The third-order valence-corrected chi connectivity index (χ3v) is 4.31. The van der Waals surface area contributed by atoms with Gasteiger partial charge in [-0.15, -0.1) is 24.0 Å². The monoisotopic (exact) mass is 486 g/mol. The van der Waals surface area contributed by atoms with Gasteiger partial charge < -0.3 is 15.2 Å². The van der Waals surface area contributed by atoms with Gasteiger partial charge in [-0.05, 0) is 32.9 Å². The first-order valence-electron chi connectivity index (χ1n) is 9.06. The fourth-order valence-corrected chi connectivity index (χ4v) is 2.60. The highest BCUT2D eigenvalue weighted by Gasteiger charge is 2.10. The minimum Gasteiger partial charge on any atom is -0.356 e. The standard InChI is InChI=1S/C19H30N6O.HI/c1-15(25(4)14-17-8-6-5-7-9-17)10-12-21-19(20-3)22-13-11-18-23-16(2)24-26-18;/h5-9,15H,10-14H2,1-4H3,(H2,20,21,22);1H. The van der Waals surface area contributed by atoms with Crippen LogP contribution in [-0.4, -0.2) is 54.2 Å². The van der Waals surface area contributed by atoms with Crippen LogP contribution in [0.4, 0.5) is 0 Å². The zero-order valence-electron chi connectivity index (χ0n) is 16.6. The molecule has 27 heavy (non-hydrogen) atoms. The van der Waals surface area contributed by atoms with Crippen LogP contribution in [0.15, 0.2) is 39.8 Å². The normalized spacial score (nSPS) is 12.6. The average molecular weight is 486 g/mol. The van der Waals surface area contributed by atoms with Gasteiger partial charge in [-0.3, -0.25) is 9.89 Å². The van der Waals surface area contributed by atoms with Crippen molar-refractivity contribution in [3.05, 3.63) is 47.6 Å². The van der Waals surface area contributed by atoms with Gasteiger partial charge in [0.2, 0.25) is 5.89 Å². The third-order valence-electron chi connectivity index (χ3n) is 4.31. The Morgan fingerprint density at radius 3 is 2.56 bits per heavy atom. The van der Waals surface area contributed by atoms with Crippen molar-refractivity contribution in [3.8, 4) is 0 Å². The molecule has 7 nitrogen and oxygen atoms in total. The molecule has 0 aliphatic heterocycles. The SMILES string of the molecule is CN=C(NCCc1nc(C)no1)NCCC(C)N(C)Cc1ccccc1.I. The van der Waals surface area contributed by atoms with E-state index in [1.807, 2.05) is 6.92 Å². The predicted molar refractivity (Wildman–Crippen MR) is 120 cm³/mol. The number of guanidine groups is 1. The number of aliphatic imine (C=N–C) groups is 1. The number of rotatable bonds is 9. The van der Waals surface area contributed by atoms with Gasteiger partial charge in [0.05, 0.1) is 0 Å². The molecule has 0 fully saturated rings. The summed E-state index contributed by atoms with van der Waals surface area (Å²) >= 11 is 0. The molecule has 0 saturated carbocycles. The van der Waals surface area contributed by atoms with Gasteiger partial charge in [-0.25, -0.2) is 0 Å². The van der Waals surface area contributed by atoms with Crippen molar-refractivity contribution in [2.45, 2.75) is 39.3 Å². The number of hydrogen-bond donors (Lipinski definition) is 2. The molecule has 2 rings (SSSR count). The number of benzene rings is 1. The molecule has 0 aliphatic carbocycles. The van der Waals surface area contributed by atoms with Crippen LogP contribution in [0.5, 0.6) is 0 Å². The first-order chi connectivity index (χ1) is 12.6. The lowest BCUT2D eigenvalue weighted by atomic mass is 10.1. The van der Waals surface area contributed by atoms with Crippen molar-refractivity contribution in [1.29, 1.82) is 0 Å². The lowest BCUT2D eigenvalue weighted by molar-refractivity contribution is 0.238. The molecule has 0 bridgehead atoms. The minimum absolute atomic E-state index is 0. The minimum atomic E-state index is 0. The molecular formula is C19H31IN6O. The first-order valence-corrected chi connectivity index (χ1v) is 9.06. The van der Waals surface area contributed by atoms with Crippen LogP contribution >= 0.6 is 24.0 Å². The number of aryl methyl sites for hydroxylation is 1. The van der Waals surface area contributed by atoms with E-state index in [1.165, 1.54) is 5.56 Å². The molecule has 0 radical (unpaired) electrons. The number of nitrogens with one attached hydrogen (secondary N) is 2. The molecule has 150 valence electrons. The molecule has 0 spiro atoms. The highest BCUT2D eigenvalue weighted by atomic mass is 127. The van der Waals surface area contributed by atoms with Gasteiger partial charge in [0.15, 0.2) is 11.8 Å². The van der Waals surface area contributed by atoms with Crippen LogP contribution in [0.3, 0.4) is 0 Å². The number of halogens is 1. The molecule has 1 aromatic carbocycles. The van der Waals surface area contributed by atoms with Gasteiger partial charge in [-0.2, -0.15) is 4.98 Å². The van der Waals surface area contributed by atoms with Gasteiger partial charge >= 0.3 is 0 Å². The van der Waals surface area contributed by atoms with Crippen molar-refractivity contribution in [3.63, 3.8) is 0 Å². The van der Waals surface area contributed by atoms with Gasteiger partial charge in [0.25, 0.3) is 0 Å². The van der Waals surface area contributed by atoms with Crippen LogP contribution in [0, 0.1) is 6.92 Å². The van der Waals surface area contributed by atoms with Crippen molar-refractivity contribution >= 4 is 29.9 Å². The Morgan fingerprint density at radius 1 is 1.22 bits per heavy atom. The van der Waals surface area contributed by atoms with E-state index in [4.69, 9.17) is 4.52 Å². The number of nitrogens with zero attached hydrogens (tertiary/aromatic N) is 4. The van der Waals surface area contributed by atoms with E-state index in [0.29, 0.717) is 30.7 Å². The number of aromatic nitrogens is 2. The van der Waals surface area contributed by atoms with Crippen molar-refractivity contribution in [1.82, 2.24) is 25.7 Å². The maximum Gasteiger partial charge on any atom is 0.228 e. The zero-order valence-corrected chi connectivity index (χ0v) is 18.9. The maximum absolute atomic E-state index is 5.10. The molecular weight excluding hydrogens is 455 g/mol. The second kappa shape index (κ2) is 12.7. The summed E-state index contributed by atoms with van der Waals surface area (Å²) in [6.45, 7) is 6.58. The molecule has 2 N–H and O–H groups in total. The molecule has 1 unspecified atom stereocenters. The molecule has 0 amide bonds. The Kier molecular flexibility index (Phi) is 11.0. The van der Waals surface area contributed by atoms with Crippen LogP contribution < -0.4 is 10.6 Å². The summed E-state index contributed by atoms with van der Waals surface area (Å²) in [7, 11) is 3.94. The van der Waals surface area contributed by atoms with Gasteiger partial charge in [-0.1, -0.05) is 35.5 Å². The summed E-state index contributed by atoms with van der Waals surface area (Å²) in [6, 6.07) is 11.0. The molecule has 2 aromatic rings.